The summed E-state index contributed by atoms with van der Waals surface area (Å²) in [4.78, 5) is 11.3. The Hall–Kier alpha value is -1.31. The van der Waals surface area contributed by atoms with Crippen molar-refractivity contribution in [1.82, 2.24) is 0 Å². The van der Waals surface area contributed by atoms with Crippen molar-refractivity contribution in [3.8, 4) is 0 Å². The highest BCUT2D eigenvalue weighted by Gasteiger charge is 2.16. The van der Waals surface area contributed by atoms with Gasteiger partial charge in [-0.2, -0.15) is 0 Å². The van der Waals surface area contributed by atoms with Crippen LogP contribution in [0.1, 0.15) is 30.8 Å². The van der Waals surface area contributed by atoms with Crippen LogP contribution in [0.3, 0.4) is 0 Å². The predicted octanol–water partition coefficient (Wildman–Crippen LogP) is 2.72. The van der Waals surface area contributed by atoms with E-state index in [0.717, 1.165) is 29.9 Å². The molecule has 2 nitrogen and oxygen atoms in total. The summed E-state index contributed by atoms with van der Waals surface area (Å²) in [6.45, 7) is 1.90. The number of hydrogen-bond acceptors (Lipinski definition) is 2. The molecule has 0 radical (unpaired) electrons. The fourth-order valence-electron chi connectivity index (χ4n) is 1.59. The molecule has 1 saturated carbocycles. The second kappa shape index (κ2) is 3.21. The van der Waals surface area contributed by atoms with Crippen LogP contribution in [0.5, 0.6) is 0 Å². The third-order valence-electron chi connectivity index (χ3n) is 2.29. The van der Waals surface area contributed by atoms with E-state index in [2.05, 4.69) is 0 Å². The van der Waals surface area contributed by atoms with E-state index in [1.54, 1.807) is 0 Å². The molecule has 0 aliphatic heterocycles. The maximum absolute atomic E-state index is 11.3. The molecule has 0 unspecified atom stereocenters. The Morgan fingerprint density at radius 2 is 2.23 bits per heavy atom. The van der Waals surface area contributed by atoms with Crippen LogP contribution in [0.2, 0.25) is 0 Å². The van der Waals surface area contributed by atoms with Crippen LogP contribution in [0.15, 0.2) is 22.1 Å². The van der Waals surface area contributed by atoms with Crippen molar-refractivity contribution >= 4 is 11.9 Å². The van der Waals surface area contributed by atoms with Crippen molar-refractivity contribution in [2.75, 3.05) is 0 Å². The van der Waals surface area contributed by atoms with Crippen molar-refractivity contribution in [3.63, 3.8) is 0 Å². The first kappa shape index (κ1) is 8.30. The van der Waals surface area contributed by atoms with Gasteiger partial charge in [-0.25, -0.2) is 0 Å². The molecule has 0 spiro atoms. The van der Waals surface area contributed by atoms with Crippen LogP contribution >= 0.6 is 0 Å². The molecule has 13 heavy (non-hydrogen) atoms. The molecular formula is C11H12O2. The summed E-state index contributed by atoms with van der Waals surface area (Å²) in [7, 11) is 0. The van der Waals surface area contributed by atoms with Crippen molar-refractivity contribution in [2.24, 2.45) is 0 Å². The maximum Gasteiger partial charge on any atom is 0.159 e. The summed E-state index contributed by atoms with van der Waals surface area (Å²) >= 11 is 0. The number of hydrogen-bond donors (Lipinski definition) is 0. The van der Waals surface area contributed by atoms with E-state index in [-0.39, 0.29) is 5.78 Å². The Labute approximate surface area is 77.2 Å². The molecule has 1 aliphatic carbocycles. The van der Waals surface area contributed by atoms with Crippen molar-refractivity contribution < 1.29 is 9.21 Å². The quantitative estimate of drug-likeness (QED) is 0.616. The molecule has 1 aromatic rings. The van der Waals surface area contributed by atoms with Crippen molar-refractivity contribution in [1.29, 1.82) is 0 Å². The molecule has 1 aromatic heterocycles. The molecule has 1 aliphatic rings. The van der Waals surface area contributed by atoms with Gasteiger partial charge in [-0.3, -0.25) is 4.79 Å². The van der Waals surface area contributed by atoms with Gasteiger partial charge in [0.2, 0.25) is 0 Å². The summed E-state index contributed by atoms with van der Waals surface area (Å²) < 4.78 is 5.37. The lowest BCUT2D eigenvalue weighted by molar-refractivity contribution is -0.114. The standard InChI is InChI=1S/C11H12O2/c1-8-5-6-10(13-8)7-9-3-2-4-11(9)12/h5-7H,2-4H2,1H3/b9-7+. The summed E-state index contributed by atoms with van der Waals surface area (Å²) in [5, 5.41) is 0. The van der Waals surface area contributed by atoms with Crippen LogP contribution < -0.4 is 0 Å². The highest BCUT2D eigenvalue weighted by molar-refractivity contribution is 6.01. The second-order valence-corrected chi connectivity index (χ2v) is 3.39. The van der Waals surface area contributed by atoms with E-state index >= 15 is 0 Å². The third-order valence-corrected chi connectivity index (χ3v) is 2.29. The van der Waals surface area contributed by atoms with Gasteiger partial charge in [0.25, 0.3) is 0 Å². The van der Waals surface area contributed by atoms with Gasteiger partial charge in [-0.15, -0.1) is 0 Å². The topological polar surface area (TPSA) is 30.2 Å². The van der Waals surface area contributed by atoms with Gasteiger partial charge < -0.3 is 4.42 Å². The zero-order valence-electron chi connectivity index (χ0n) is 7.67. The van der Waals surface area contributed by atoms with Crippen LogP contribution in [-0.2, 0) is 4.79 Å². The monoisotopic (exact) mass is 176 g/mol. The molecule has 1 fully saturated rings. The number of ketones is 1. The van der Waals surface area contributed by atoms with Crippen LogP contribution in [0.25, 0.3) is 6.08 Å². The Kier molecular flexibility index (Phi) is 2.05. The zero-order chi connectivity index (χ0) is 9.26. The normalized spacial score (nSPS) is 20.1. The SMILES string of the molecule is Cc1ccc(/C=C2\CCCC2=O)o1. The lowest BCUT2D eigenvalue weighted by Gasteiger charge is -1.91. The van der Waals surface area contributed by atoms with Gasteiger partial charge >= 0.3 is 0 Å². The number of carbonyl (C=O) groups is 1. The Morgan fingerprint density at radius 3 is 2.77 bits per heavy atom. The largest absolute Gasteiger partial charge is 0.462 e. The first-order chi connectivity index (χ1) is 6.25. The molecular weight excluding hydrogens is 164 g/mol. The first-order valence-corrected chi connectivity index (χ1v) is 4.56. The highest BCUT2D eigenvalue weighted by atomic mass is 16.3. The number of Topliss-reactive ketones (excluding diaryl/α,β-unsaturated/α-hetero) is 1. The Balaban J connectivity index is 2.24. The molecule has 2 heteroatoms. The number of allylic oxidation sites excluding steroid dienone is 1. The molecule has 1 heterocycles. The average Bonchev–Trinajstić information content (AvgIpc) is 2.64. The lowest BCUT2D eigenvalue weighted by Crippen LogP contribution is -1.90. The zero-order valence-corrected chi connectivity index (χ0v) is 7.67. The minimum atomic E-state index is 0.272. The lowest BCUT2D eigenvalue weighted by atomic mass is 10.2. The molecule has 0 saturated heterocycles. The minimum Gasteiger partial charge on any atom is -0.462 e. The van der Waals surface area contributed by atoms with E-state index in [4.69, 9.17) is 4.42 Å². The predicted molar refractivity (Wildman–Crippen MR) is 50.3 cm³/mol. The summed E-state index contributed by atoms with van der Waals surface area (Å²) in [6.07, 6.45) is 4.46. The van der Waals surface area contributed by atoms with Gasteiger partial charge in [0.15, 0.2) is 5.78 Å². The number of aryl methyl sites for hydroxylation is 1. The Bertz CT molecular complexity index is 358. The van der Waals surface area contributed by atoms with E-state index < -0.39 is 0 Å². The average molecular weight is 176 g/mol. The van der Waals surface area contributed by atoms with Gasteiger partial charge in [-0.05, 0) is 43.5 Å². The fourth-order valence-corrected chi connectivity index (χ4v) is 1.59. The van der Waals surface area contributed by atoms with E-state index in [1.807, 2.05) is 25.1 Å². The van der Waals surface area contributed by atoms with Crippen molar-refractivity contribution in [3.05, 3.63) is 29.2 Å². The van der Waals surface area contributed by atoms with E-state index in [9.17, 15) is 4.79 Å². The number of rotatable bonds is 1. The second-order valence-electron chi connectivity index (χ2n) is 3.39. The van der Waals surface area contributed by atoms with Crippen LogP contribution in [-0.4, -0.2) is 5.78 Å². The fraction of sp³-hybridized carbons (Fsp3) is 0.364. The molecule has 0 amide bonds. The smallest absolute Gasteiger partial charge is 0.159 e. The molecule has 68 valence electrons. The first-order valence-electron chi connectivity index (χ1n) is 4.56. The third kappa shape index (κ3) is 1.72. The molecule has 0 atom stereocenters. The molecule has 0 aromatic carbocycles. The van der Waals surface area contributed by atoms with Gasteiger partial charge in [0.05, 0.1) is 0 Å². The minimum absolute atomic E-state index is 0.272. The summed E-state index contributed by atoms with van der Waals surface area (Å²) in [5.41, 5.74) is 0.911. The van der Waals surface area contributed by atoms with Crippen LogP contribution in [0.4, 0.5) is 0 Å². The van der Waals surface area contributed by atoms with Crippen LogP contribution in [0, 0.1) is 6.92 Å². The Morgan fingerprint density at radius 1 is 1.38 bits per heavy atom. The maximum atomic E-state index is 11.3. The summed E-state index contributed by atoms with van der Waals surface area (Å²) in [6, 6.07) is 3.81. The van der Waals surface area contributed by atoms with Gasteiger partial charge in [0, 0.05) is 6.42 Å². The van der Waals surface area contributed by atoms with Gasteiger partial charge in [-0.1, -0.05) is 0 Å². The molecule has 0 bridgehead atoms. The highest BCUT2D eigenvalue weighted by Crippen LogP contribution is 2.23. The van der Waals surface area contributed by atoms with E-state index in [0.29, 0.717) is 6.42 Å². The molecule has 2 rings (SSSR count). The van der Waals surface area contributed by atoms with Crippen molar-refractivity contribution in [2.45, 2.75) is 26.2 Å². The number of furan rings is 1. The number of carbonyl (C=O) groups excluding carboxylic acids is 1. The van der Waals surface area contributed by atoms with Gasteiger partial charge in [0.1, 0.15) is 11.5 Å². The molecule has 0 N–H and O–H groups in total. The van der Waals surface area contributed by atoms with E-state index in [1.165, 1.54) is 0 Å². The summed E-state index contributed by atoms with van der Waals surface area (Å²) in [5.74, 6) is 1.95.